The monoisotopic (exact) mass is 1050 g/mol. The lowest BCUT2D eigenvalue weighted by atomic mass is 9.99. The van der Waals surface area contributed by atoms with Crippen molar-refractivity contribution in [2.45, 2.75) is 327 Å². The van der Waals surface area contributed by atoms with Crippen LogP contribution in [0.25, 0.3) is 0 Å². The van der Waals surface area contributed by atoms with E-state index in [0.717, 1.165) is 89.9 Å². The Kier molecular flexibility index (Phi) is 48.3. The fourth-order valence-electron chi connectivity index (χ4n) is 9.50. The normalized spacial score (nSPS) is 19.6. The van der Waals surface area contributed by atoms with E-state index in [1.807, 2.05) is 6.08 Å². The minimum absolute atomic E-state index is 0.115. The molecule has 1 saturated heterocycles. The van der Waals surface area contributed by atoms with Crippen molar-refractivity contribution in [1.82, 2.24) is 5.32 Å². The molecule has 0 aromatic carbocycles. The smallest absolute Gasteiger partial charge is 0.306 e. The summed E-state index contributed by atoms with van der Waals surface area (Å²) in [4.78, 5) is 26.5. The van der Waals surface area contributed by atoms with Crippen molar-refractivity contribution in [3.63, 3.8) is 0 Å². The number of ether oxygens (including phenoxy) is 3. The largest absolute Gasteiger partial charge is 0.454 e. The molecule has 0 bridgehead atoms. The number of hydrogen-bond donors (Lipinski definition) is 6. The van der Waals surface area contributed by atoms with Gasteiger partial charge in [0.25, 0.3) is 0 Å². The van der Waals surface area contributed by atoms with Crippen molar-refractivity contribution in [2.75, 3.05) is 13.2 Å². The number of esters is 1. The second-order valence-electron chi connectivity index (χ2n) is 21.4. The molecule has 1 rings (SSSR count). The predicted molar refractivity (Wildman–Crippen MR) is 306 cm³/mol. The molecule has 0 saturated carbocycles. The van der Waals surface area contributed by atoms with Gasteiger partial charge in [-0.1, -0.05) is 236 Å². The molecule has 0 spiro atoms. The maximum absolute atomic E-state index is 13.4. The van der Waals surface area contributed by atoms with E-state index in [4.69, 9.17) is 14.2 Å². The van der Waals surface area contributed by atoms with Crippen LogP contribution in [0, 0.1) is 0 Å². The van der Waals surface area contributed by atoms with Gasteiger partial charge in [0, 0.05) is 6.42 Å². The van der Waals surface area contributed by atoms with Gasteiger partial charge in [-0.2, -0.15) is 0 Å². The van der Waals surface area contributed by atoms with Crippen LogP contribution in [0.3, 0.4) is 0 Å². The topological polar surface area (TPSA) is 175 Å². The van der Waals surface area contributed by atoms with Gasteiger partial charge in [0.05, 0.1) is 25.4 Å². The number of amides is 1. The van der Waals surface area contributed by atoms with Gasteiger partial charge in [-0.25, -0.2) is 0 Å². The van der Waals surface area contributed by atoms with Gasteiger partial charge >= 0.3 is 5.97 Å². The second-order valence-corrected chi connectivity index (χ2v) is 21.4. The number of allylic oxidation sites excluding steroid dienone is 7. The Bertz CT molecular complexity index is 1390. The summed E-state index contributed by atoms with van der Waals surface area (Å²) in [6.07, 6.45) is 51.4. The van der Waals surface area contributed by atoms with Gasteiger partial charge in [0.2, 0.25) is 5.91 Å². The molecule has 11 nitrogen and oxygen atoms in total. The van der Waals surface area contributed by atoms with Crippen molar-refractivity contribution >= 4 is 11.9 Å². The molecule has 1 aliphatic heterocycles. The van der Waals surface area contributed by atoms with Crippen LogP contribution in [-0.2, 0) is 23.8 Å². The SMILES string of the molecule is CCCCC/C=C\C/C=C\CCCCCCCCCC(=O)OC1C(OCC(NC(=O)C(O)CCCCCCCC/C=C/CCCCCCCC)C(O)/C=C/CCCCCCCCCCCC)OC(CO)C(O)C1O. The summed E-state index contributed by atoms with van der Waals surface area (Å²) in [6.45, 7) is 5.76. The third-order valence-corrected chi connectivity index (χ3v) is 14.5. The van der Waals surface area contributed by atoms with E-state index in [-0.39, 0.29) is 19.4 Å². The number of carbonyl (C=O) groups is 2. The molecule has 11 heteroatoms. The molecule has 0 aromatic rings. The molecular formula is C63H115NO10. The molecule has 1 heterocycles. The van der Waals surface area contributed by atoms with E-state index in [0.29, 0.717) is 12.8 Å². The number of unbranched alkanes of at least 4 members (excludes halogenated alkanes) is 32. The molecule has 432 valence electrons. The number of aliphatic hydroxyl groups excluding tert-OH is 5. The van der Waals surface area contributed by atoms with E-state index in [1.165, 1.54) is 141 Å². The van der Waals surface area contributed by atoms with E-state index in [2.05, 4.69) is 62.5 Å². The third kappa shape index (κ3) is 39.1. The van der Waals surface area contributed by atoms with Crippen LogP contribution in [0.4, 0.5) is 0 Å². The molecular weight excluding hydrogens is 931 g/mol. The average molecular weight is 1050 g/mol. The molecule has 0 aliphatic carbocycles. The molecule has 0 radical (unpaired) electrons. The lowest BCUT2D eigenvalue weighted by molar-refractivity contribution is -0.305. The molecule has 0 aromatic heterocycles. The molecule has 8 atom stereocenters. The summed E-state index contributed by atoms with van der Waals surface area (Å²) in [5, 5.41) is 56.9. The van der Waals surface area contributed by atoms with E-state index in [9.17, 15) is 35.1 Å². The van der Waals surface area contributed by atoms with Crippen LogP contribution in [0.1, 0.15) is 278 Å². The highest BCUT2D eigenvalue weighted by molar-refractivity contribution is 5.80. The third-order valence-electron chi connectivity index (χ3n) is 14.5. The Balaban J connectivity index is 2.70. The van der Waals surface area contributed by atoms with Crippen LogP contribution in [-0.4, -0.2) is 99.6 Å². The van der Waals surface area contributed by atoms with Crippen LogP contribution in [0.2, 0.25) is 0 Å². The Morgan fingerprint density at radius 2 is 0.932 bits per heavy atom. The summed E-state index contributed by atoms with van der Waals surface area (Å²) in [5.41, 5.74) is 0. The lowest BCUT2D eigenvalue weighted by Gasteiger charge is -2.41. The van der Waals surface area contributed by atoms with Gasteiger partial charge in [-0.15, -0.1) is 0 Å². The zero-order valence-corrected chi connectivity index (χ0v) is 47.7. The fraction of sp³-hybridized carbons (Fsp3) is 0.841. The first-order chi connectivity index (χ1) is 36.2. The molecule has 1 amide bonds. The Morgan fingerprint density at radius 3 is 1.42 bits per heavy atom. The number of nitrogens with one attached hydrogen (secondary N) is 1. The predicted octanol–water partition coefficient (Wildman–Crippen LogP) is 14.4. The zero-order chi connectivity index (χ0) is 54.0. The van der Waals surface area contributed by atoms with E-state index < -0.39 is 67.4 Å². The highest BCUT2D eigenvalue weighted by atomic mass is 16.7. The summed E-state index contributed by atoms with van der Waals surface area (Å²) in [7, 11) is 0. The van der Waals surface area contributed by atoms with Crippen molar-refractivity contribution in [1.29, 1.82) is 0 Å². The van der Waals surface area contributed by atoms with Crippen LogP contribution in [0.5, 0.6) is 0 Å². The summed E-state index contributed by atoms with van der Waals surface area (Å²) >= 11 is 0. The van der Waals surface area contributed by atoms with Gasteiger partial charge in [-0.05, 0) is 83.5 Å². The minimum Gasteiger partial charge on any atom is -0.454 e. The van der Waals surface area contributed by atoms with Gasteiger partial charge < -0.3 is 45.1 Å². The first-order valence-corrected chi connectivity index (χ1v) is 30.9. The standard InChI is InChI=1S/C63H115NO10/c1-4-7-10-13-16-19-22-25-27-29-31-33-36-39-42-45-48-51-58(68)74-61-60(70)59(69)57(52-65)73-63(61)72-53-54(55(66)49-46-43-40-37-34-24-21-18-15-12-9-6-3)64-62(71)56(67)50-47-44-41-38-35-32-30-28-26-23-20-17-14-11-8-5-2/h16,19,25-28,46,49,54-57,59-61,63,65-67,69-70H,4-15,17-18,20-24,29-45,47-48,50-53H2,1-3H3,(H,64,71)/b19-16-,27-25-,28-26+,49-46+. The zero-order valence-electron chi connectivity index (χ0n) is 47.7. The summed E-state index contributed by atoms with van der Waals surface area (Å²) < 4.78 is 17.6. The molecule has 74 heavy (non-hydrogen) atoms. The van der Waals surface area contributed by atoms with E-state index in [1.54, 1.807) is 6.08 Å². The van der Waals surface area contributed by atoms with Crippen LogP contribution in [0.15, 0.2) is 48.6 Å². The van der Waals surface area contributed by atoms with Gasteiger partial charge in [-0.3, -0.25) is 9.59 Å². The van der Waals surface area contributed by atoms with E-state index >= 15 is 0 Å². The van der Waals surface area contributed by atoms with Crippen molar-refractivity contribution in [3.05, 3.63) is 48.6 Å². The number of rotatable bonds is 52. The molecule has 1 fully saturated rings. The Labute approximate surface area is 453 Å². The lowest BCUT2D eigenvalue weighted by Crippen LogP contribution is -2.61. The quantitative estimate of drug-likeness (QED) is 0.0195. The minimum atomic E-state index is -1.62. The Hall–Kier alpha value is -2.38. The molecule has 1 aliphatic rings. The number of aliphatic hydroxyl groups is 5. The van der Waals surface area contributed by atoms with Crippen molar-refractivity contribution in [3.8, 4) is 0 Å². The van der Waals surface area contributed by atoms with Crippen LogP contribution >= 0.6 is 0 Å². The summed E-state index contributed by atoms with van der Waals surface area (Å²) in [6, 6.07) is -1.03. The summed E-state index contributed by atoms with van der Waals surface area (Å²) in [5.74, 6) is -1.20. The van der Waals surface area contributed by atoms with Gasteiger partial charge in [0.1, 0.15) is 24.4 Å². The first kappa shape index (κ1) is 69.6. The fourth-order valence-corrected chi connectivity index (χ4v) is 9.50. The van der Waals surface area contributed by atoms with Gasteiger partial charge in [0.15, 0.2) is 12.4 Å². The Morgan fingerprint density at radius 1 is 0.527 bits per heavy atom. The van der Waals surface area contributed by atoms with Crippen molar-refractivity contribution in [2.24, 2.45) is 0 Å². The number of carbonyl (C=O) groups excluding carboxylic acids is 2. The molecule has 8 unspecified atom stereocenters. The van der Waals surface area contributed by atoms with Crippen molar-refractivity contribution < 1.29 is 49.3 Å². The first-order valence-electron chi connectivity index (χ1n) is 30.9. The maximum atomic E-state index is 13.4. The second kappa shape index (κ2) is 51.4. The maximum Gasteiger partial charge on any atom is 0.306 e. The number of hydrogen-bond acceptors (Lipinski definition) is 10. The average Bonchev–Trinajstić information content (AvgIpc) is 3.40. The highest BCUT2D eigenvalue weighted by Crippen LogP contribution is 2.26. The van der Waals surface area contributed by atoms with Crippen LogP contribution < -0.4 is 5.32 Å². The molecule has 6 N–H and O–H groups in total. The highest BCUT2D eigenvalue weighted by Gasteiger charge is 2.47.